The van der Waals surface area contributed by atoms with Crippen molar-refractivity contribution in [2.24, 2.45) is 0 Å². The zero-order chi connectivity index (χ0) is 16.9. The van der Waals surface area contributed by atoms with E-state index in [0.717, 1.165) is 27.9 Å². The Kier molecular flexibility index (Phi) is 4.71. The van der Waals surface area contributed by atoms with Gasteiger partial charge in [0.2, 0.25) is 0 Å². The summed E-state index contributed by atoms with van der Waals surface area (Å²) >= 11 is 0. The summed E-state index contributed by atoms with van der Waals surface area (Å²) in [6.45, 7) is 2.08. The number of rotatable bonds is 5. The molecule has 0 aliphatic carbocycles. The maximum Gasteiger partial charge on any atom is 0.303 e. The quantitative estimate of drug-likeness (QED) is 0.739. The summed E-state index contributed by atoms with van der Waals surface area (Å²) in [6.07, 6.45) is 2.54. The van der Waals surface area contributed by atoms with Gasteiger partial charge in [0.15, 0.2) is 0 Å². The predicted octanol–water partition coefficient (Wildman–Crippen LogP) is 4.74. The molecule has 0 bridgehead atoms. The molecule has 0 spiro atoms. The smallest absolute Gasteiger partial charge is 0.303 e. The monoisotopic (exact) mass is 317 g/mol. The first kappa shape index (κ1) is 15.9. The van der Waals surface area contributed by atoms with Crippen molar-refractivity contribution < 1.29 is 9.90 Å². The van der Waals surface area contributed by atoms with Gasteiger partial charge in [0.25, 0.3) is 0 Å². The molecule has 0 aliphatic heterocycles. The first-order chi connectivity index (χ1) is 11.6. The Bertz CT molecular complexity index is 854. The Balaban J connectivity index is 1.86. The van der Waals surface area contributed by atoms with E-state index in [1.54, 1.807) is 0 Å². The minimum absolute atomic E-state index is 0.159. The molecule has 0 saturated carbocycles. The number of hydrogen-bond acceptors (Lipinski definition) is 2. The molecule has 2 aromatic carbocycles. The van der Waals surface area contributed by atoms with Crippen molar-refractivity contribution in [2.75, 3.05) is 0 Å². The van der Waals surface area contributed by atoms with Crippen molar-refractivity contribution in [1.29, 1.82) is 0 Å². The van der Waals surface area contributed by atoms with Gasteiger partial charge in [0, 0.05) is 18.2 Å². The van der Waals surface area contributed by atoms with Crippen LogP contribution in [0.15, 0.2) is 66.9 Å². The molecule has 0 radical (unpaired) electrons. The number of pyridine rings is 1. The highest BCUT2D eigenvalue weighted by Crippen LogP contribution is 2.26. The Morgan fingerprint density at radius 1 is 1.00 bits per heavy atom. The van der Waals surface area contributed by atoms with E-state index in [2.05, 4.69) is 30.1 Å². The fourth-order valence-corrected chi connectivity index (χ4v) is 2.73. The Morgan fingerprint density at radius 2 is 1.75 bits per heavy atom. The number of nitrogens with zero attached hydrogens (tertiary/aromatic N) is 1. The molecule has 3 heteroatoms. The van der Waals surface area contributed by atoms with Crippen molar-refractivity contribution in [3.05, 3.63) is 78.0 Å². The van der Waals surface area contributed by atoms with E-state index in [1.165, 1.54) is 5.56 Å². The summed E-state index contributed by atoms with van der Waals surface area (Å²) < 4.78 is 0. The van der Waals surface area contributed by atoms with Gasteiger partial charge in [0.1, 0.15) is 0 Å². The van der Waals surface area contributed by atoms with Crippen LogP contribution in [0.4, 0.5) is 0 Å². The van der Waals surface area contributed by atoms with Crippen LogP contribution in [-0.4, -0.2) is 16.1 Å². The van der Waals surface area contributed by atoms with E-state index < -0.39 is 5.97 Å². The minimum atomic E-state index is -0.768. The van der Waals surface area contributed by atoms with Crippen LogP contribution in [-0.2, 0) is 11.2 Å². The first-order valence-corrected chi connectivity index (χ1v) is 7.96. The van der Waals surface area contributed by atoms with Crippen molar-refractivity contribution in [1.82, 2.24) is 4.98 Å². The van der Waals surface area contributed by atoms with Gasteiger partial charge in [-0.25, -0.2) is 0 Å². The van der Waals surface area contributed by atoms with Crippen molar-refractivity contribution >= 4 is 5.97 Å². The topological polar surface area (TPSA) is 50.2 Å². The minimum Gasteiger partial charge on any atom is -0.481 e. The number of carbonyl (C=O) groups is 1. The molecule has 3 rings (SSSR count). The summed E-state index contributed by atoms with van der Waals surface area (Å²) in [5.74, 6) is -0.768. The first-order valence-electron chi connectivity index (χ1n) is 7.96. The molecule has 1 heterocycles. The van der Waals surface area contributed by atoms with Crippen LogP contribution in [0, 0.1) is 6.92 Å². The predicted molar refractivity (Wildman–Crippen MR) is 95.8 cm³/mol. The lowest BCUT2D eigenvalue weighted by atomic mass is 9.99. The molecule has 0 fully saturated rings. The highest BCUT2D eigenvalue weighted by atomic mass is 16.4. The number of carboxylic acids is 1. The standard InChI is InChI=1S/C21H19NO2/c1-15-4-2-3-5-19(15)20-14-18(12-13-22-20)17-9-6-16(7-10-17)8-11-21(23)24/h2-7,9-10,12-14H,8,11H2,1H3,(H,23,24). The normalized spacial score (nSPS) is 10.5. The second-order valence-electron chi connectivity index (χ2n) is 5.84. The van der Waals surface area contributed by atoms with E-state index >= 15 is 0 Å². The third-order valence-corrected chi connectivity index (χ3v) is 4.10. The number of benzene rings is 2. The number of aryl methyl sites for hydroxylation is 2. The van der Waals surface area contributed by atoms with Crippen LogP contribution in [0.1, 0.15) is 17.5 Å². The molecule has 0 aliphatic rings. The molecular formula is C21H19NO2. The van der Waals surface area contributed by atoms with Crippen LogP contribution < -0.4 is 0 Å². The van der Waals surface area contributed by atoms with Gasteiger partial charge in [-0.2, -0.15) is 0 Å². The van der Waals surface area contributed by atoms with E-state index in [1.807, 2.05) is 48.7 Å². The van der Waals surface area contributed by atoms with Gasteiger partial charge in [0.05, 0.1) is 5.69 Å². The molecule has 3 nitrogen and oxygen atoms in total. The lowest BCUT2D eigenvalue weighted by molar-refractivity contribution is -0.136. The third kappa shape index (κ3) is 3.69. The highest BCUT2D eigenvalue weighted by molar-refractivity contribution is 5.72. The second kappa shape index (κ2) is 7.09. The molecular weight excluding hydrogens is 298 g/mol. The van der Waals surface area contributed by atoms with E-state index in [9.17, 15) is 4.79 Å². The van der Waals surface area contributed by atoms with E-state index in [4.69, 9.17) is 5.11 Å². The maximum atomic E-state index is 10.7. The average Bonchev–Trinajstić information content (AvgIpc) is 2.61. The SMILES string of the molecule is Cc1ccccc1-c1cc(-c2ccc(CCC(=O)O)cc2)ccn1. The Labute approximate surface area is 141 Å². The summed E-state index contributed by atoms with van der Waals surface area (Å²) in [7, 11) is 0. The third-order valence-electron chi connectivity index (χ3n) is 4.10. The number of aliphatic carboxylic acids is 1. The summed E-state index contributed by atoms with van der Waals surface area (Å²) in [5.41, 5.74) is 6.54. The fourth-order valence-electron chi connectivity index (χ4n) is 2.73. The number of carboxylic acid groups (broad SMARTS) is 1. The summed E-state index contributed by atoms with van der Waals surface area (Å²) in [4.78, 5) is 15.2. The Hall–Kier alpha value is -2.94. The van der Waals surface area contributed by atoms with Gasteiger partial charge in [-0.1, -0.05) is 48.5 Å². The summed E-state index contributed by atoms with van der Waals surface area (Å²) in [5, 5.41) is 8.76. The number of aromatic nitrogens is 1. The molecule has 24 heavy (non-hydrogen) atoms. The molecule has 0 unspecified atom stereocenters. The van der Waals surface area contributed by atoms with E-state index in [-0.39, 0.29) is 6.42 Å². The number of hydrogen-bond donors (Lipinski definition) is 1. The van der Waals surface area contributed by atoms with Crippen LogP contribution in [0.5, 0.6) is 0 Å². The molecule has 0 amide bonds. The maximum absolute atomic E-state index is 10.7. The highest BCUT2D eigenvalue weighted by Gasteiger charge is 2.06. The largest absolute Gasteiger partial charge is 0.481 e. The fraction of sp³-hybridized carbons (Fsp3) is 0.143. The van der Waals surface area contributed by atoms with Gasteiger partial charge in [-0.05, 0) is 47.7 Å². The average molecular weight is 317 g/mol. The van der Waals surface area contributed by atoms with Crippen molar-refractivity contribution in [3.8, 4) is 22.4 Å². The van der Waals surface area contributed by atoms with Gasteiger partial charge >= 0.3 is 5.97 Å². The molecule has 3 aromatic rings. The molecule has 1 aromatic heterocycles. The lowest BCUT2D eigenvalue weighted by Gasteiger charge is -2.08. The molecule has 1 N–H and O–H groups in total. The molecule has 120 valence electrons. The molecule has 0 atom stereocenters. The van der Waals surface area contributed by atoms with Crippen LogP contribution >= 0.6 is 0 Å². The zero-order valence-electron chi connectivity index (χ0n) is 13.6. The van der Waals surface area contributed by atoms with Gasteiger partial charge < -0.3 is 5.11 Å². The lowest BCUT2D eigenvalue weighted by Crippen LogP contribution is -1.97. The van der Waals surface area contributed by atoms with E-state index in [0.29, 0.717) is 6.42 Å². The van der Waals surface area contributed by atoms with Gasteiger partial charge in [-0.3, -0.25) is 9.78 Å². The van der Waals surface area contributed by atoms with Crippen LogP contribution in [0.25, 0.3) is 22.4 Å². The van der Waals surface area contributed by atoms with Crippen LogP contribution in [0.2, 0.25) is 0 Å². The van der Waals surface area contributed by atoms with Crippen molar-refractivity contribution in [3.63, 3.8) is 0 Å². The second-order valence-corrected chi connectivity index (χ2v) is 5.84. The summed E-state index contributed by atoms with van der Waals surface area (Å²) in [6, 6.07) is 20.4. The zero-order valence-corrected chi connectivity index (χ0v) is 13.6. The Morgan fingerprint density at radius 3 is 2.46 bits per heavy atom. The van der Waals surface area contributed by atoms with Crippen LogP contribution in [0.3, 0.4) is 0 Å². The molecule has 0 saturated heterocycles. The van der Waals surface area contributed by atoms with Gasteiger partial charge in [-0.15, -0.1) is 0 Å². The van der Waals surface area contributed by atoms with Crippen molar-refractivity contribution in [2.45, 2.75) is 19.8 Å².